The Hall–Kier alpha value is -4.36. The Morgan fingerprint density at radius 3 is 1.28 bits per heavy atom. The highest BCUT2D eigenvalue weighted by molar-refractivity contribution is 5.74. The van der Waals surface area contributed by atoms with Crippen molar-refractivity contribution >= 4 is 23.9 Å². The maximum atomic E-state index is 13.1. The van der Waals surface area contributed by atoms with Gasteiger partial charge in [0.2, 0.25) is 0 Å². The number of rotatable bonds is 52. The number of carbonyl (C=O) groups excluding carboxylic acids is 3. The van der Waals surface area contributed by atoms with Gasteiger partial charge in [-0.05, 0) is 77.0 Å². The number of aliphatic hydroxyl groups excluding tert-OH is 2. The third-order valence-corrected chi connectivity index (χ3v) is 13.7. The van der Waals surface area contributed by atoms with Gasteiger partial charge in [-0.1, -0.05) is 253 Å². The van der Waals surface area contributed by atoms with E-state index in [0.717, 1.165) is 96.3 Å². The Kier molecular flexibility index (Phi) is 49.9. The van der Waals surface area contributed by atoms with Crippen LogP contribution in [-0.2, 0) is 42.9 Å². The van der Waals surface area contributed by atoms with Gasteiger partial charge in [-0.3, -0.25) is 14.4 Å². The lowest BCUT2D eigenvalue weighted by Gasteiger charge is -2.40. The van der Waals surface area contributed by atoms with E-state index in [1.807, 2.05) is 12.2 Å². The highest BCUT2D eigenvalue weighted by atomic mass is 16.7. The summed E-state index contributed by atoms with van der Waals surface area (Å²) in [6, 6.07) is 0. The van der Waals surface area contributed by atoms with Crippen LogP contribution in [0.15, 0.2) is 97.2 Å². The first-order valence-corrected chi connectivity index (χ1v) is 31.2. The molecule has 0 aromatic heterocycles. The van der Waals surface area contributed by atoms with Crippen molar-refractivity contribution in [2.75, 3.05) is 13.2 Å². The zero-order valence-corrected chi connectivity index (χ0v) is 49.6. The molecule has 0 aliphatic carbocycles. The lowest BCUT2D eigenvalue weighted by Crippen LogP contribution is -2.61. The van der Waals surface area contributed by atoms with Gasteiger partial charge in [-0.2, -0.15) is 0 Å². The van der Waals surface area contributed by atoms with E-state index in [9.17, 15) is 34.5 Å². The van der Waals surface area contributed by atoms with E-state index >= 15 is 0 Å². The van der Waals surface area contributed by atoms with Gasteiger partial charge in [0.15, 0.2) is 24.6 Å². The van der Waals surface area contributed by atoms with Crippen LogP contribution in [0.1, 0.15) is 252 Å². The first-order chi connectivity index (χ1) is 38.6. The predicted molar refractivity (Wildman–Crippen MR) is 321 cm³/mol. The van der Waals surface area contributed by atoms with E-state index in [1.165, 1.54) is 96.3 Å². The summed E-state index contributed by atoms with van der Waals surface area (Å²) in [5.41, 5.74) is 0. The average molecular weight is 1110 g/mol. The molecule has 1 aliphatic rings. The first-order valence-electron chi connectivity index (χ1n) is 31.2. The van der Waals surface area contributed by atoms with Crippen molar-refractivity contribution in [3.05, 3.63) is 97.2 Å². The molecule has 1 rings (SSSR count). The molecule has 450 valence electrons. The number of esters is 3. The summed E-state index contributed by atoms with van der Waals surface area (Å²) >= 11 is 0. The van der Waals surface area contributed by atoms with E-state index < -0.39 is 67.3 Å². The van der Waals surface area contributed by atoms with Crippen molar-refractivity contribution in [2.24, 2.45) is 0 Å². The molecule has 1 saturated heterocycles. The Morgan fingerprint density at radius 2 is 0.835 bits per heavy atom. The molecule has 0 radical (unpaired) electrons. The number of aliphatic hydroxyl groups is 2. The van der Waals surface area contributed by atoms with Crippen LogP contribution in [0.4, 0.5) is 0 Å². The van der Waals surface area contributed by atoms with Crippen LogP contribution >= 0.6 is 0 Å². The van der Waals surface area contributed by atoms with E-state index in [2.05, 4.69) is 99.8 Å². The standard InChI is InChI=1S/C67H110O12/c1-4-7-10-13-16-19-22-25-28-29-30-31-34-35-38-41-44-47-50-53-59(68)75-56-58(77-60(69)54-51-48-45-42-39-36-32-26-23-20-17-14-11-8-5-2)57-76-67-65(63(72)62(71)64(79-67)66(73)74)78-61(70)55-52-49-46-43-40-37-33-27-24-21-18-15-12-9-6-3/h8-9,11-12,17-18,20-21,26-27,32-33,39,42,48,51,58,62-65,67,71-72H,4-7,10,13-16,19,22-25,28-31,34-38,40-41,43-47,49-50,52-57H2,1-3H3,(H,73,74)/b11-8-,12-9-,20-17-,21-18-,32-26-,33-27-,42-39-,51-48-. The monoisotopic (exact) mass is 1110 g/mol. The molecule has 6 unspecified atom stereocenters. The van der Waals surface area contributed by atoms with Gasteiger partial charge < -0.3 is 39.0 Å². The van der Waals surface area contributed by atoms with E-state index in [4.69, 9.17) is 23.7 Å². The van der Waals surface area contributed by atoms with Crippen molar-refractivity contribution in [3.63, 3.8) is 0 Å². The molecule has 0 aromatic carbocycles. The molecular formula is C67H110O12. The van der Waals surface area contributed by atoms with Gasteiger partial charge in [0.25, 0.3) is 0 Å². The topological polar surface area (TPSA) is 175 Å². The van der Waals surface area contributed by atoms with Crippen molar-refractivity contribution in [3.8, 4) is 0 Å². The van der Waals surface area contributed by atoms with E-state index in [1.54, 1.807) is 6.08 Å². The number of hydrogen-bond acceptors (Lipinski definition) is 11. The van der Waals surface area contributed by atoms with Gasteiger partial charge in [0.05, 0.1) is 13.0 Å². The fourth-order valence-corrected chi connectivity index (χ4v) is 8.99. The molecule has 3 N–H and O–H groups in total. The summed E-state index contributed by atoms with van der Waals surface area (Å²) in [5, 5.41) is 31.5. The zero-order chi connectivity index (χ0) is 57.5. The average Bonchev–Trinajstić information content (AvgIpc) is 3.46. The lowest BCUT2D eigenvalue weighted by molar-refractivity contribution is -0.301. The van der Waals surface area contributed by atoms with Crippen molar-refractivity contribution in [1.82, 2.24) is 0 Å². The minimum atomic E-state index is -1.93. The molecule has 12 nitrogen and oxygen atoms in total. The van der Waals surface area contributed by atoms with Crippen LogP contribution in [0.25, 0.3) is 0 Å². The molecule has 1 aliphatic heterocycles. The number of allylic oxidation sites excluding steroid dienone is 15. The van der Waals surface area contributed by atoms with Crippen molar-refractivity contribution in [1.29, 1.82) is 0 Å². The fourth-order valence-electron chi connectivity index (χ4n) is 8.99. The summed E-state index contributed by atoms with van der Waals surface area (Å²) in [7, 11) is 0. The number of carbonyl (C=O) groups is 4. The van der Waals surface area contributed by atoms with Gasteiger partial charge in [-0.25, -0.2) is 4.79 Å². The van der Waals surface area contributed by atoms with E-state index in [-0.39, 0.29) is 25.9 Å². The van der Waals surface area contributed by atoms with Gasteiger partial charge >= 0.3 is 23.9 Å². The quantitative estimate of drug-likeness (QED) is 0.0228. The fraction of sp³-hybridized carbons (Fsp3) is 0.701. The number of unbranched alkanes of at least 4 members (excludes halogenated alkanes) is 23. The molecule has 1 fully saturated rings. The summed E-state index contributed by atoms with van der Waals surface area (Å²) < 4.78 is 28.3. The molecule has 79 heavy (non-hydrogen) atoms. The van der Waals surface area contributed by atoms with Crippen LogP contribution in [0.2, 0.25) is 0 Å². The smallest absolute Gasteiger partial charge is 0.335 e. The highest BCUT2D eigenvalue weighted by Gasteiger charge is 2.50. The van der Waals surface area contributed by atoms with Crippen LogP contribution in [0, 0.1) is 0 Å². The second-order valence-electron chi connectivity index (χ2n) is 21.0. The second kappa shape index (κ2) is 54.2. The summed E-state index contributed by atoms with van der Waals surface area (Å²) in [4.78, 5) is 51.2. The number of hydrogen-bond donors (Lipinski definition) is 3. The van der Waals surface area contributed by atoms with Crippen LogP contribution in [0.3, 0.4) is 0 Å². The molecule has 0 spiro atoms. The third kappa shape index (κ3) is 44.0. The second-order valence-corrected chi connectivity index (χ2v) is 21.0. The van der Waals surface area contributed by atoms with Crippen LogP contribution in [0.5, 0.6) is 0 Å². The molecule has 0 aromatic rings. The number of aliphatic carboxylic acids is 1. The number of ether oxygens (including phenoxy) is 5. The molecular weight excluding hydrogens is 997 g/mol. The van der Waals surface area contributed by atoms with Gasteiger partial charge in [0.1, 0.15) is 18.8 Å². The summed E-state index contributed by atoms with van der Waals surface area (Å²) in [6.07, 6.45) is 59.8. The molecule has 1 heterocycles. The summed E-state index contributed by atoms with van der Waals surface area (Å²) in [5.74, 6) is -3.31. The molecule has 12 heteroatoms. The number of carboxylic acid groups (broad SMARTS) is 1. The minimum Gasteiger partial charge on any atom is -0.479 e. The highest BCUT2D eigenvalue weighted by Crippen LogP contribution is 2.26. The Morgan fingerprint density at radius 1 is 0.443 bits per heavy atom. The van der Waals surface area contributed by atoms with Crippen LogP contribution < -0.4 is 0 Å². The van der Waals surface area contributed by atoms with Gasteiger partial charge in [-0.15, -0.1) is 0 Å². The predicted octanol–water partition coefficient (Wildman–Crippen LogP) is 16.5. The van der Waals surface area contributed by atoms with Crippen molar-refractivity contribution < 1.29 is 58.2 Å². The van der Waals surface area contributed by atoms with Crippen molar-refractivity contribution in [2.45, 2.75) is 289 Å². The normalized spacial score (nSPS) is 18.5. The SMILES string of the molecule is CC/C=C\C/C=C\C/C=C\C/C=C\C/C=C\CC(=O)OC(COC(=O)CCCCCCCCCCCCCCCCCCCCC)COC1OC(C(=O)O)C(O)C(O)C1OC(=O)CCCCCCC/C=C\C/C=C\C/C=C\CC. The largest absolute Gasteiger partial charge is 0.479 e. The Balaban J connectivity index is 2.71. The molecule has 0 saturated carbocycles. The first kappa shape index (κ1) is 72.7. The molecule has 0 amide bonds. The lowest BCUT2D eigenvalue weighted by atomic mass is 9.98. The molecule has 0 bridgehead atoms. The van der Waals surface area contributed by atoms with Gasteiger partial charge in [0, 0.05) is 12.8 Å². The number of carboxylic acids is 1. The maximum Gasteiger partial charge on any atom is 0.335 e. The summed E-state index contributed by atoms with van der Waals surface area (Å²) in [6.45, 7) is 5.69. The molecule has 6 atom stereocenters. The third-order valence-electron chi connectivity index (χ3n) is 13.7. The van der Waals surface area contributed by atoms with E-state index in [0.29, 0.717) is 19.3 Å². The minimum absolute atomic E-state index is 0.0274. The Labute approximate surface area is 479 Å². The maximum absolute atomic E-state index is 13.1. The zero-order valence-electron chi connectivity index (χ0n) is 49.6. The Bertz CT molecular complexity index is 1740. The van der Waals surface area contributed by atoms with Crippen LogP contribution in [-0.4, -0.2) is 89.2 Å².